The Kier molecular flexibility index (Phi) is 3.76. The zero-order valence-corrected chi connectivity index (χ0v) is 12.0. The highest BCUT2D eigenvalue weighted by Gasteiger charge is 2.34. The van der Waals surface area contributed by atoms with Crippen molar-refractivity contribution < 1.29 is 4.74 Å². The molecule has 0 aromatic heterocycles. The Morgan fingerprint density at radius 2 is 2.26 bits per heavy atom. The van der Waals surface area contributed by atoms with Gasteiger partial charge in [0.2, 0.25) is 0 Å². The number of likely N-dealkylation sites (tertiary alicyclic amines) is 1. The molecule has 2 unspecified atom stereocenters. The largest absolute Gasteiger partial charge is 0.496 e. The third-order valence-electron chi connectivity index (χ3n) is 4.64. The van der Waals surface area contributed by atoms with Gasteiger partial charge in [-0.05, 0) is 56.0 Å². The van der Waals surface area contributed by atoms with Gasteiger partial charge in [0.25, 0.3) is 0 Å². The van der Waals surface area contributed by atoms with Crippen LogP contribution in [0.25, 0.3) is 0 Å². The summed E-state index contributed by atoms with van der Waals surface area (Å²) in [5.74, 6) is 1.86. The number of ether oxygens (including phenoxy) is 1. The van der Waals surface area contributed by atoms with Crippen molar-refractivity contribution in [3.8, 4) is 5.75 Å². The van der Waals surface area contributed by atoms with Crippen molar-refractivity contribution in [2.24, 2.45) is 5.92 Å². The summed E-state index contributed by atoms with van der Waals surface area (Å²) >= 11 is 0. The molecule has 0 aliphatic carbocycles. The van der Waals surface area contributed by atoms with Crippen molar-refractivity contribution in [3.05, 3.63) is 29.3 Å². The van der Waals surface area contributed by atoms with E-state index in [-0.39, 0.29) is 0 Å². The molecule has 104 valence electrons. The summed E-state index contributed by atoms with van der Waals surface area (Å²) in [5.41, 5.74) is 2.64. The fraction of sp³-hybridized carbons (Fsp3) is 0.625. The Balaban J connectivity index is 1.72. The molecule has 2 saturated heterocycles. The maximum Gasteiger partial charge on any atom is 0.121 e. The predicted octanol–water partition coefficient (Wildman–Crippen LogP) is 2.19. The molecule has 0 radical (unpaired) electrons. The third kappa shape index (κ3) is 2.63. The van der Waals surface area contributed by atoms with Gasteiger partial charge in [-0.15, -0.1) is 0 Å². The molecule has 1 N–H and O–H groups in total. The molecule has 0 saturated carbocycles. The van der Waals surface area contributed by atoms with E-state index in [4.69, 9.17) is 4.74 Å². The van der Waals surface area contributed by atoms with Crippen LogP contribution in [0.2, 0.25) is 0 Å². The van der Waals surface area contributed by atoms with Gasteiger partial charge in [0.05, 0.1) is 7.11 Å². The molecule has 19 heavy (non-hydrogen) atoms. The maximum absolute atomic E-state index is 5.34. The lowest BCUT2D eigenvalue weighted by atomic mass is 9.91. The molecule has 1 aromatic rings. The molecule has 2 atom stereocenters. The van der Waals surface area contributed by atoms with Crippen molar-refractivity contribution in [3.63, 3.8) is 0 Å². The molecule has 2 heterocycles. The lowest BCUT2D eigenvalue weighted by molar-refractivity contribution is 0.117. The predicted molar refractivity (Wildman–Crippen MR) is 77.5 cm³/mol. The van der Waals surface area contributed by atoms with Crippen LogP contribution in [0.15, 0.2) is 18.2 Å². The van der Waals surface area contributed by atoms with E-state index in [1.54, 1.807) is 7.11 Å². The Morgan fingerprint density at radius 1 is 1.37 bits per heavy atom. The first-order valence-electron chi connectivity index (χ1n) is 7.36. The molecule has 2 fully saturated rings. The smallest absolute Gasteiger partial charge is 0.121 e. The molecule has 1 aromatic carbocycles. The molecular weight excluding hydrogens is 236 g/mol. The molecule has 0 bridgehead atoms. The van der Waals surface area contributed by atoms with Gasteiger partial charge in [-0.25, -0.2) is 0 Å². The van der Waals surface area contributed by atoms with Crippen molar-refractivity contribution >= 4 is 0 Å². The average Bonchev–Trinajstić information content (AvgIpc) is 2.88. The molecule has 0 spiro atoms. The summed E-state index contributed by atoms with van der Waals surface area (Å²) in [6.07, 6.45) is 2.74. The topological polar surface area (TPSA) is 24.5 Å². The van der Waals surface area contributed by atoms with Crippen LogP contribution in [0.5, 0.6) is 5.75 Å². The minimum absolute atomic E-state index is 0.746. The van der Waals surface area contributed by atoms with Gasteiger partial charge in [-0.2, -0.15) is 0 Å². The first kappa shape index (κ1) is 12.9. The summed E-state index contributed by atoms with van der Waals surface area (Å²) in [6, 6.07) is 7.32. The third-order valence-corrected chi connectivity index (χ3v) is 4.64. The van der Waals surface area contributed by atoms with E-state index in [1.165, 1.54) is 43.6 Å². The zero-order chi connectivity index (χ0) is 13.2. The van der Waals surface area contributed by atoms with Crippen LogP contribution in [-0.4, -0.2) is 37.7 Å². The number of benzene rings is 1. The molecule has 2 aliphatic rings. The quantitative estimate of drug-likeness (QED) is 0.901. The second-order valence-corrected chi connectivity index (χ2v) is 5.90. The van der Waals surface area contributed by atoms with E-state index in [2.05, 4.69) is 35.3 Å². The van der Waals surface area contributed by atoms with Crippen LogP contribution in [0.1, 0.15) is 24.0 Å². The van der Waals surface area contributed by atoms with Crippen LogP contribution in [-0.2, 0) is 6.54 Å². The van der Waals surface area contributed by atoms with E-state index >= 15 is 0 Å². The van der Waals surface area contributed by atoms with E-state index in [9.17, 15) is 0 Å². The number of rotatable bonds is 3. The minimum atomic E-state index is 0.746. The van der Waals surface area contributed by atoms with Crippen molar-refractivity contribution in [2.45, 2.75) is 32.4 Å². The second kappa shape index (κ2) is 5.51. The summed E-state index contributed by atoms with van der Waals surface area (Å²) in [4.78, 5) is 2.66. The van der Waals surface area contributed by atoms with Crippen LogP contribution in [0.4, 0.5) is 0 Å². The van der Waals surface area contributed by atoms with E-state index in [1.807, 2.05) is 0 Å². The lowest BCUT2D eigenvalue weighted by Crippen LogP contribution is -2.44. The number of aryl methyl sites for hydroxylation is 1. The number of hydrogen-bond acceptors (Lipinski definition) is 3. The summed E-state index contributed by atoms with van der Waals surface area (Å²) in [6.45, 7) is 6.82. The van der Waals surface area contributed by atoms with Gasteiger partial charge < -0.3 is 10.1 Å². The maximum atomic E-state index is 5.34. The molecule has 3 nitrogen and oxygen atoms in total. The highest BCUT2D eigenvalue weighted by atomic mass is 16.5. The molecule has 2 aliphatic heterocycles. The normalized spacial score (nSPS) is 27.3. The fourth-order valence-electron chi connectivity index (χ4n) is 3.63. The molecule has 3 rings (SSSR count). The number of hydrogen-bond donors (Lipinski definition) is 1. The zero-order valence-electron chi connectivity index (χ0n) is 12.0. The van der Waals surface area contributed by atoms with Crippen molar-refractivity contribution in [1.29, 1.82) is 0 Å². The number of fused-ring (bicyclic) bond motifs is 1. The molecular formula is C16H24N2O. The molecule has 0 amide bonds. The Morgan fingerprint density at radius 3 is 3.05 bits per heavy atom. The number of methoxy groups -OCH3 is 1. The lowest BCUT2D eigenvalue weighted by Gasteiger charge is -2.37. The average molecular weight is 260 g/mol. The Bertz CT molecular complexity index is 446. The fourth-order valence-corrected chi connectivity index (χ4v) is 3.63. The highest BCUT2D eigenvalue weighted by Crippen LogP contribution is 2.28. The Hall–Kier alpha value is -1.06. The monoisotopic (exact) mass is 260 g/mol. The van der Waals surface area contributed by atoms with Crippen LogP contribution < -0.4 is 10.1 Å². The standard InChI is InChI=1S/C16H24N2O/c1-12-8-13(5-6-16(12)19-2)11-18-7-3-4-14-9-17-10-15(14)18/h5-6,8,14-15,17H,3-4,7,9-11H2,1-2H3. The van der Waals surface area contributed by atoms with Gasteiger partial charge in [-0.1, -0.05) is 12.1 Å². The highest BCUT2D eigenvalue weighted by molar-refractivity contribution is 5.36. The van der Waals surface area contributed by atoms with Crippen molar-refractivity contribution in [2.75, 3.05) is 26.7 Å². The van der Waals surface area contributed by atoms with Crippen LogP contribution in [0, 0.1) is 12.8 Å². The van der Waals surface area contributed by atoms with Crippen molar-refractivity contribution in [1.82, 2.24) is 10.2 Å². The Labute approximate surface area is 115 Å². The van der Waals surface area contributed by atoms with Gasteiger partial charge in [0.1, 0.15) is 5.75 Å². The molecule has 3 heteroatoms. The van der Waals surface area contributed by atoms with E-state index in [0.717, 1.165) is 24.3 Å². The number of piperidine rings is 1. The van der Waals surface area contributed by atoms with Gasteiger partial charge >= 0.3 is 0 Å². The van der Waals surface area contributed by atoms with Gasteiger partial charge in [0.15, 0.2) is 0 Å². The van der Waals surface area contributed by atoms with E-state index in [0.29, 0.717) is 0 Å². The summed E-state index contributed by atoms with van der Waals surface area (Å²) < 4.78 is 5.34. The summed E-state index contributed by atoms with van der Waals surface area (Å²) in [5, 5.41) is 3.55. The second-order valence-electron chi connectivity index (χ2n) is 5.90. The summed E-state index contributed by atoms with van der Waals surface area (Å²) in [7, 11) is 1.74. The number of nitrogens with one attached hydrogen (secondary N) is 1. The first-order chi connectivity index (χ1) is 9.28. The van der Waals surface area contributed by atoms with Gasteiger partial charge in [-0.3, -0.25) is 4.90 Å². The SMILES string of the molecule is COc1ccc(CN2CCCC3CNCC32)cc1C. The minimum Gasteiger partial charge on any atom is -0.496 e. The van der Waals surface area contributed by atoms with Crippen LogP contribution in [0.3, 0.4) is 0 Å². The van der Waals surface area contributed by atoms with Gasteiger partial charge in [0, 0.05) is 19.1 Å². The van der Waals surface area contributed by atoms with Crippen LogP contribution >= 0.6 is 0 Å². The first-order valence-corrected chi connectivity index (χ1v) is 7.36. The van der Waals surface area contributed by atoms with E-state index < -0.39 is 0 Å². The number of nitrogens with zero attached hydrogens (tertiary/aromatic N) is 1.